The highest BCUT2D eigenvalue weighted by Crippen LogP contribution is 2.35. The van der Waals surface area contributed by atoms with Crippen LogP contribution >= 0.6 is 15.9 Å². The number of esters is 1. The van der Waals surface area contributed by atoms with Gasteiger partial charge in [0.2, 0.25) is 0 Å². The quantitative estimate of drug-likeness (QED) is 0.619. The minimum Gasteiger partial charge on any atom is -0.493 e. The molecule has 0 radical (unpaired) electrons. The standard InChI is InChI=1S/C12H13BrO3/c1-15-12(14)11(13)9-4-2-6-10-8(9)5-3-7-16-10/h2,4,6,11H,3,5,7H2,1H3. The maximum atomic E-state index is 11.5. The Kier molecular flexibility index (Phi) is 3.49. The minimum atomic E-state index is -0.408. The van der Waals surface area contributed by atoms with E-state index < -0.39 is 4.83 Å². The van der Waals surface area contributed by atoms with Gasteiger partial charge in [-0.1, -0.05) is 28.1 Å². The molecule has 1 aromatic carbocycles. The van der Waals surface area contributed by atoms with Gasteiger partial charge in [-0.2, -0.15) is 0 Å². The van der Waals surface area contributed by atoms with Gasteiger partial charge in [0.15, 0.2) is 0 Å². The van der Waals surface area contributed by atoms with Crippen molar-refractivity contribution in [1.82, 2.24) is 0 Å². The molecule has 0 saturated carbocycles. The lowest BCUT2D eigenvalue weighted by molar-refractivity contribution is -0.139. The van der Waals surface area contributed by atoms with Crippen molar-refractivity contribution in [2.45, 2.75) is 17.7 Å². The van der Waals surface area contributed by atoms with Crippen molar-refractivity contribution in [3.63, 3.8) is 0 Å². The average molecular weight is 285 g/mol. The van der Waals surface area contributed by atoms with Gasteiger partial charge >= 0.3 is 5.97 Å². The number of ether oxygens (including phenoxy) is 2. The summed E-state index contributed by atoms with van der Waals surface area (Å²) in [4.78, 5) is 11.1. The first-order chi connectivity index (χ1) is 7.74. The molecule has 1 aromatic rings. The summed E-state index contributed by atoms with van der Waals surface area (Å²) < 4.78 is 10.3. The Balaban J connectivity index is 2.37. The van der Waals surface area contributed by atoms with Crippen LogP contribution in [0.4, 0.5) is 0 Å². The molecule has 1 aliphatic heterocycles. The Morgan fingerprint density at radius 3 is 3.12 bits per heavy atom. The zero-order valence-corrected chi connectivity index (χ0v) is 10.6. The van der Waals surface area contributed by atoms with Gasteiger partial charge in [-0.25, -0.2) is 0 Å². The first-order valence-electron chi connectivity index (χ1n) is 5.20. The highest BCUT2D eigenvalue weighted by atomic mass is 79.9. The van der Waals surface area contributed by atoms with Gasteiger partial charge in [0.05, 0.1) is 13.7 Å². The predicted molar refractivity (Wildman–Crippen MR) is 63.9 cm³/mol. The van der Waals surface area contributed by atoms with E-state index in [0.29, 0.717) is 0 Å². The molecule has 0 aromatic heterocycles. The molecule has 1 heterocycles. The molecule has 1 aliphatic rings. The fraction of sp³-hybridized carbons (Fsp3) is 0.417. The van der Waals surface area contributed by atoms with Crippen LogP contribution in [-0.2, 0) is 16.0 Å². The number of rotatable bonds is 2. The van der Waals surface area contributed by atoms with Gasteiger partial charge in [0, 0.05) is 0 Å². The van der Waals surface area contributed by atoms with Gasteiger partial charge in [0.1, 0.15) is 10.6 Å². The Morgan fingerprint density at radius 2 is 2.38 bits per heavy atom. The summed E-state index contributed by atoms with van der Waals surface area (Å²) in [6.45, 7) is 0.752. The van der Waals surface area contributed by atoms with Crippen molar-refractivity contribution < 1.29 is 14.3 Å². The monoisotopic (exact) mass is 284 g/mol. The lowest BCUT2D eigenvalue weighted by Gasteiger charge is -2.21. The SMILES string of the molecule is COC(=O)C(Br)c1cccc2c1CCCO2. The number of fused-ring (bicyclic) bond motifs is 1. The Labute approximate surface area is 103 Å². The van der Waals surface area contributed by atoms with Crippen molar-refractivity contribution in [3.8, 4) is 5.75 Å². The molecule has 86 valence electrons. The van der Waals surface area contributed by atoms with Crippen LogP contribution in [0.15, 0.2) is 18.2 Å². The second-order valence-electron chi connectivity index (χ2n) is 3.66. The maximum absolute atomic E-state index is 11.5. The molecule has 0 amide bonds. The fourth-order valence-electron chi connectivity index (χ4n) is 1.88. The fourth-order valence-corrected chi connectivity index (χ4v) is 2.50. The molecular weight excluding hydrogens is 272 g/mol. The van der Waals surface area contributed by atoms with E-state index in [1.807, 2.05) is 18.2 Å². The summed E-state index contributed by atoms with van der Waals surface area (Å²) in [6, 6.07) is 5.77. The number of hydrogen-bond donors (Lipinski definition) is 0. The van der Waals surface area contributed by atoms with Gasteiger partial charge in [-0.15, -0.1) is 0 Å². The number of halogens is 1. The first kappa shape index (κ1) is 11.5. The number of hydrogen-bond acceptors (Lipinski definition) is 3. The highest BCUT2D eigenvalue weighted by Gasteiger charge is 2.24. The van der Waals surface area contributed by atoms with Crippen molar-refractivity contribution >= 4 is 21.9 Å². The molecule has 0 bridgehead atoms. The molecule has 1 atom stereocenters. The Morgan fingerprint density at radius 1 is 1.56 bits per heavy atom. The molecule has 0 N–H and O–H groups in total. The van der Waals surface area contributed by atoms with Gasteiger partial charge in [-0.3, -0.25) is 4.79 Å². The van der Waals surface area contributed by atoms with E-state index in [4.69, 9.17) is 9.47 Å². The van der Waals surface area contributed by atoms with Crippen LogP contribution in [0, 0.1) is 0 Å². The average Bonchev–Trinajstić information content (AvgIpc) is 2.36. The molecule has 4 heteroatoms. The van der Waals surface area contributed by atoms with Crippen LogP contribution in [0.5, 0.6) is 5.75 Å². The van der Waals surface area contributed by atoms with Crippen molar-refractivity contribution in [2.75, 3.05) is 13.7 Å². The van der Waals surface area contributed by atoms with E-state index in [2.05, 4.69) is 15.9 Å². The van der Waals surface area contributed by atoms with Crippen molar-refractivity contribution in [1.29, 1.82) is 0 Å². The summed E-state index contributed by atoms with van der Waals surface area (Å²) in [5.41, 5.74) is 2.06. The second kappa shape index (κ2) is 4.87. The highest BCUT2D eigenvalue weighted by molar-refractivity contribution is 9.09. The topological polar surface area (TPSA) is 35.5 Å². The van der Waals surface area contributed by atoms with Gasteiger partial charge in [-0.05, 0) is 30.0 Å². The number of benzene rings is 1. The molecule has 0 spiro atoms. The largest absolute Gasteiger partial charge is 0.493 e. The van der Waals surface area contributed by atoms with Gasteiger partial charge in [0.25, 0.3) is 0 Å². The molecule has 16 heavy (non-hydrogen) atoms. The molecule has 0 fully saturated rings. The summed E-state index contributed by atoms with van der Waals surface area (Å²) in [6.07, 6.45) is 1.94. The minimum absolute atomic E-state index is 0.279. The van der Waals surface area contributed by atoms with Crippen LogP contribution < -0.4 is 4.74 Å². The van der Waals surface area contributed by atoms with Crippen LogP contribution in [0.2, 0.25) is 0 Å². The first-order valence-corrected chi connectivity index (χ1v) is 6.12. The van der Waals surface area contributed by atoms with E-state index in [-0.39, 0.29) is 5.97 Å². The van der Waals surface area contributed by atoms with E-state index in [1.165, 1.54) is 7.11 Å². The normalized spacial score (nSPS) is 15.9. The van der Waals surface area contributed by atoms with Crippen LogP contribution in [0.3, 0.4) is 0 Å². The van der Waals surface area contributed by atoms with Crippen LogP contribution in [0.1, 0.15) is 22.4 Å². The third kappa shape index (κ3) is 2.07. The zero-order valence-electron chi connectivity index (χ0n) is 9.03. The van der Waals surface area contributed by atoms with Crippen LogP contribution in [-0.4, -0.2) is 19.7 Å². The zero-order chi connectivity index (χ0) is 11.5. The molecular formula is C12H13BrO3. The Bertz CT molecular complexity index is 403. The summed E-state index contributed by atoms with van der Waals surface area (Å²) in [5, 5.41) is 0. The van der Waals surface area contributed by atoms with E-state index in [1.54, 1.807) is 0 Å². The third-order valence-electron chi connectivity index (χ3n) is 2.68. The van der Waals surface area contributed by atoms with E-state index in [0.717, 1.165) is 36.3 Å². The number of alkyl halides is 1. The smallest absolute Gasteiger partial charge is 0.324 e. The van der Waals surface area contributed by atoms with Crippen molar-refractivity contribution in [2.24, 2.45) is 0 Å². The summed E-state index contributed by atoms with van der Waals surface area (Å²) >= 11 is 3.36. The van der Waals surface area contributed by atoms with Crippen LogP contribution in [0.25, 0.3) is 0 Å². The second-order valence-corrected chi connectivity index (χ2v) is 4.58. The predicted octanol–water partition coefficient (Wildman–Crippen LogP) is 2.62. The maximum Gasteiger partial charge on any atom is 0.324 e. The lowest BCUT2D eigenvalue weighted by atomic mass is 9.98. The van der Waals surface area contributed by atoms with Gasteiger partial charge < -0.3 is 9.47 Å². The number of carbonyl (C=O) groups excluding carboxylic acids is 1. The third-order valence-corrected chi connectivity index (χ3v) is 3.55. The molecule has 0 aliphatic carbocycles. The lowest BCUT2D eigenvalue weighted by Crippen LogP contribution is -2.15. The number of methoxy groups -OCH3 is 1. The van der Waals surface area contributed by atoms with E-state index in [9.17, 15) is 4.79 Å². The number of carbonyl (C=O) groups is 1. The Hall–Kier alpha value is -1.03. The molecule has 2 rings (SSSR count). The molecule has 3 nitrogen and oxygen atoms in total. The van der Waals surface area contributed by atoms with E-state index >= 15 is 0 Å². The summed E-state index contributed by atoms with van der Waals surface area (Å²) in [7, 11) is 1.39. The molecule has 0 saturated heterocycles. The molecule has 1 unspecified atom stereocenters. The summed E-state index contributed by atoms with van der Waals surface area (Å²) in [5.74, 6) is 0.607. The van der Waals surface area contributed by atoms with Crippen molar-refractivity contribution in [3.05, 3.63) is 29.3 Å².